The van der Waals surface area contributed by atoms with Gasteiger partial charge in [-0.25, -0.2) is 0 Å². The van der Waals surface area contributed by atoms with Gasteiger partial charge in [0.15, 0.2) is 6.61 Å². The van der Waals surface area contributed by atoms with Gasteiger partial charge < -0.3 is 10.1 Å². The zero-order valence-electron chi connectivity index (χ0n) is 11.8. The summed E-state index contributed by atoms with van der Waals surface area (Å²) in [5.41, 5.74) is 1.19. The van der Waals surface area contributed by atoms with Crippen LogP contribution in [0, 0.1) is 12.8 Å². The van der Waals surface area contributed by atoms with Crippen LogP contribution in [0.15, 0.2) is 24.3 Å². The van der Waals surface area contributed by atoms with Crippen LogP contribution in [0.25, 0.3) is 0 Å². The third-order valence-corrected chi connectivity index (χ3v) is 3.85. The summed E-state index contributed by atoms with van der Waals surface area (Å²) in [6, 6.07) is 8.08. The lowest BCUT2D eigenvalue weighted by Gasteiger charge is -2.29. The second-order valence-corrected chi connectivity index (χ2v) is 5.54. The summed E-state index contributed by atoms with van der Waals surface area (Å²) in [4.78, 5) is 11.9. The van der Waals surface area contributed by atoms with Gasteiger partial charge in [-0.1, -0.05) is 37.5 Å². The predicted octanol–water partition coefficient (Wildman–Crippen LogP) is 3.07. The monoisotopic (exact) mass is 261 g/mol. The van der Waals surface area contributed by atoms with Gasteiger partial charge in [0.25, 0.3) is 5.91 Å². The van der Waals surface area contributed by atoms with E-state index in [9.17, 15) is 4.79 Å². The fourth-order valence-corrected chi connectivity index (χ4v) is 2.56. The van der Waals surface area contributed by atoms with Crippen LogP contribution in [-0.2, 0) is 4.79 Å². The molecule has 1 aromatic rings. The van der Waals surface area contributed by atoms with Crippen molar-refractivity contribution in [1.29, 1.82) is 0 Å². The molecule has 1 amide bonds. The minimum Gasteiger partial charge on any atom is -0.484 e. The van der Waals surface area contributed by atoms with Crippen molar-refractivity contribution >= 4 is 5.91 Å². The van der Waals surface area contributed by atoms with E-state index in [0.29, 0.717) is 12.0 Å². The van der Waals surface area contributed by atoms with Crippen molar-refractivity contribution in [2.75, 3.05) is 6.61 Å². The van der Waals surface area contributed by atoms with Crippen molar-refractivity contribution in [2.24, 2.45) is 5.92 Å². The van der Waals surface area contributed by atoms with Gasteiger partial charge in [-0.2, -0.15) is 0 Å². The summed E-state index contributed by atoms with van der Waals surface area (Å²) in [7, 11) is 0. The molecule has 0 bridgehead atoms. The van der Waals surface area contributed by atoms with Crippen LogP contribution in [0.3, 0.4) is 0 Å². The Kier molecular flexibility index (Phi) is 4.83. The molecular weight excluding hydrogens is 238 g/mol. The second-order valence-electron chi connectivity index (χ2n) is 5.54. The van der Waals surface area contributed by atoms with Gasteiger partial charge in [0.1, 0.15) is 5.75 Å². The van der Waals surface area contributed by atoms with Crippen molar-refractivity contribution in [3.8, 4) is 5.75 Å². The first-order valence-corrected chi connectivity index (χ1v) is 7.14. The number of rotatable bonds is 4. The van der Waals surface area contributed by atoms with E-state index in [0.717, 1.165) is 12.2 Å². The van der Waals surface area contributed by atoms with Crippen LogP contribution in [0.2, 0.25) is 0 Å². The lowest BCUT2D eigenvalue weighted by molar-refractivity contribution is -0.124. The van der Waals surface area contributed by atoms with Crippen LogP contribution in [-0.4, -0.2) is 18.6 Å². The molecule has 3 heteroatoms. The summed E-state index contributed by atoms with van der Waals surface area (Å²) in [5.74, 6) is 1.31. The van der Waals surface area contributed by atoms with E-state index in [4.69, 9.17) is 4.74 Å². The number of nitrogens with one attached hydrogen (secondary N) is 1. The smallest absolute Gasteiger partial charge is 0.258 e. The zero-order valence-corrected chi connectivity index (χ0v) is 11.8. The van der Waals surface area contributed by atoms with Gasteiger partial charge in [0.05, 0.1) is 0 Å². The fraction of sp³-hybridized carbons (Fsp3) is 0.562. The fourth-order valence-electron chi connectivity index (χ4n) is 2.56. The first-order valence-electron chi connectivity index (χ1n) is 7.14. The van der Waals surface area contributed by atoms with E-state index in [1.165, 1.54) is 24.8 Å². The van der Waals surface area contributed by atoms with Crippen LogP contribution in [0.4, 0.5) is 0 Å². The van der Waals surface area contributed by atoms with Crippen LogP contribution >= 0.6 is 0 Å². The summed E-state index contributed by atoms with van der Waals surface area (Å²) in [5, 5.41) is 3.09. The molecule has 2 rings (SSSR count). The SMILES string of the molecule is Cc1ccc(OCC(=O)N[C@@H]2CCCC[C@@H]2C)cc1. The standard InChI is InChI=1S/C16H23NO2/c1-12-7-9-14(10-8-12)19-11-16(18)17-15-6-4-3-5-13(15)2/h7-10,13,15H,3-6,11H2,1-2H3,(H,17,18)/t13-,15+/m0/s1. The largest absolute Gasteiger partial charge is 0.484 e. The molecule has 0 saturated heterocycles. The molecule has 1 aliphatic carbocycles. The molecule has 1 aliphatic rings. The average Bonchev–Trinajstić information content (AvgIpc) is 2.41. The minimum atomic E-state index is -0.0145. The summed E-state index contributed by atoms with van der Waals surface area (Å²) >= 11 is 0. The third-order valence-electron chi connectivity index (χ3n) is 3.85. The molecule has 1 fully saturated rings. The summed E-state index contributed by atoms with van der Waals surface area (Å²) in [6.07, 6.45) is 4.81. The highest BCUT2D eigenvalue weighted by molar-refractivity contribution is 5.77. The maximum Gasteiger partial charge on any atom is 0.258 e. The van der Waals surface area contributed by atoms with E-state index in [2.05, 4.69) is 12.2 Å². The van der Waals surface area contributed by atoms with E-state index in [1.54, 1.807) is 0 Å². The van der Waals surface area contributed by atoms with E-state index in [1.807, 2.05) is 31.2 Å². The highest BCUT2D eigenvalue weighted by Gasteiger charge is 2.22. The molecule has 0 unspecified atom stereocenters. The highest BCUT2D eigenvalue weighted by atomic mass is 16.5. The number of carbonyl (C=O) groups is 1. The average molecular weight is 261 g/mol. The number of hydrogen-bond donors (Lipinski definition) is 1. The Labute approximate surface area is 115 Å². The number of carbonyl (C=O) groups excluding carboxylic acids is 1. The molecule has 1 saturated carbocycles. The molecule has 1 N–H and O–H groups in total. The van der Waals surface area contributed by atoms with Gasteiger partial charge in [-0.15, -0.1) is 0 Å². The van der Waals surface area contributed by atoms with Gasteiger partial charge in [-0.05, 0) is 37.8 Å². The van der Waals surface area contributed by atoms with Gasteiger partial charge in [0, 0.05) is 6.04 Å². The van der Waals surface area contributed by atoms with Crippen molar-refractivity contribution in [1.82, 2.24) is 5.32 Å². The van der Waals surface area contributed by atoms with Gasteiger partial charge >= 0.3 is 0 Å². The van der Waals surface area contributed by atoms with Crippen LogP contribution in [0.1, 0.15) is 38.2 Å². The van der Waals surface area contributed by atoms with Gasteiger partial charge in [0.2, 0.25) is 0 Å². The minimum absolute atomic E-state index is 0.0145. The number of hydrogen-bond acceptors (Lipinski definition) is 2. The molecule has 3 nitrogen and oxygen atoms in total. The Morgan fingerprint density at radius 1 is 1.26 bits per heavy atom. The molecule has 0 radical (unpaired) electrons. The zero-order chi connectivity index (χ0) is 13.7. The van der Waals surface area contributed by atoms with Crippen molar-refractivity contribution in [2.45, 2.75) is 45.6 Å². The van der Waals surface area contributed by atoms with Crippen molar-refractivity contribution in [3.05, 3.63) is 29.8 Å². The molecule has 1 aromatic carbocycles. The Morgan fingerprint density at radius 3 is 2.63 bits per heavy atom. The van der Waals surface area contributed by atoms with Gasteiger partial charge in [-0.3, -0.25) is 4.79 Å². The summed E-state index contributed by atoms with van der Waals surface area (Å²) < 4.78 is 5.49. The number of benzene rings is 1. The molecular formula is C16H23NO2. The molecule has 0 spiro atoms. The Balaban J connectivity index is 1.76. The van der Waals surface area contributed by atoms with Crippen LogP contribution in [0.5, 0.6) is 5.75 Å². The molecule has 2 atom stereocenters. The highest BCUT2D eigenvalue weighted by Crippen LogP contribution is 2.23. The first kappa shape index (κ1) is 13.9. The maximum absolute atomic E-state index is 11.9. The summed E-state index contributed by atoms with van der Waals surface area (Å²) in [6.45, 7) is 4.35. The van der Waals surface area contributed by atoms with E-state index in [-0.39, 0.29) is 12.5 Å². The first-order chi connectivity index (χ1) is 9.15. The van der Waals surface area contributed by atoms with Crippen molar-refractivity contribution < 1.29 is 9.53 Å². The normalized spacial score (nSPS) is 22.8. The predicted molar refractivity (Wildman–Crippen MR) is 76.2 cm³/mol. The van der Waals surface area contributed by atoms with E-state index < -0.39 is 0 Å². The lowest BCUT2D eigenvalue weighted by atomic mass is 9.86. The lowest BCUT2D eigenvalue weighted by Crippen LogP contribution is -2.43. The van der Waals surface area contributed by atoms with E-state index >= 15 is 0 Å². The quantitative estimate of drug-likeness (QED) is 0.904. The molecule has 0 aromatic heterocycles. The molecule has 19 heavy (non-hydrogen) atoms. The Hall–Kier alpha value is -1.51. The van der Waals surface area contributed by atoms with Crippen molar-refractivity contribution in [3.63, 3.8) is 0 Å². The Bertz CT molecular complexity index is 413. The molecule has 0 heterocycles. The number of amides is 1. The number of ether oxygens (including phenoxy) is 1. The molecule has 0 aliphatic heterocycles. The maximum atomic E-state index is 11.9. The Morgan fingerprint density at radius 2 is 1.95 bits per heavy atom. The third kappa shape index (κ3) is 4.27. The van der Waals surface area contributed by atoms with Crippen LogP contribution < -0.4 is 10.1 Å². The number of aryl methyl sites for hydroxylation is 1. The topological polar surface area (TPSA) is 38.3 Å². The molecule has 104 valence electrons. The second kappa shape index (κ2) is 6.60.